The van der Waals surface area contributed by atoms with Crippen LogP contribution in [-0.4, -0.2) is 26.5 Å². The second-order valence-corrected chi connectivity index (χ2v) is 5.14. The van der Waals surface area contributed by atoms with Crippen LogP contribution in [0, 0.1) is 6.92 Å². The number of pyridine rings is 1. The summed E-state index contributed by atoms with van der Waals surface area (Å²) in [6.45, 7) is 3.84. The largest absolute Gasteiger partial charge is 0.328 e. The summed E-state index contributed by atoms with van der Waals surface area (Å²) in [4.78, 5) is 20.5. The molecule has 21 heavy (non-hydrogen) atoms. The lowest BCUT2D eigenvalue weighted by Crippen LogP contribution is -2.17. The van der Waals surface area contributed by atoms with Gasteiger partial charge in [0, 0.05) is 31.1 Å². The summed E-state index contributed by atoms with van der Waals surface area (Å²) >= 11 is 0. The summed E-state index contributed by atoms with van der Waals surface area (Å²) in [7, 11) is 0. The average Bonchev–Trinajstić information content (AvgIpc) is 2.85. The van der Waals surface area contributed by atoms with E-state index >= 15 is 0 Å². The molecule has 0 radical (unpaired) electrons. The van der Waals surface area contributed by atoms with E-state index in [0.29, 0.717) is 17.9 Å². The molecule has 2 aromatic heterocycles. The standard InChI is InChI=1S/C15H21N5O/c1-11(16)5-3-7-14(21)19-13-6-4-8-18-15(13)20-10-9-17-12(20)2/h4,6,8-11H,3,5,7,16H2,1-2H3,(H,19,21). The van der Waals surface area contributed by atoms with Gasteiger partial charge < -0.3 is 11.1 Å². The molecule has 1 atom stereocenters. The van der Waals surface area contributed by atoms with Crippen molar-refractivity contribution in [1.29, 1.82) is 0 Å². The summed E-state index contributed by atoms with van der Waals surface area (Å²) in [6, 6.07) is 3.76. The topological polar surface area (TPSA) is 85.8 Å². The molecule has 0 saturated heterocycles. The van der Waals surface area contributed by atoms with Crippen molar-refractivity contribution >= 4 is 11.6 Å². The van der Waals surface area contributed by atoms with Crippen LogP contribution in [0.5, 0.6) is 0 Å². The number of amides is 1. The summed E-state index contributed by atoms with van der Waals surface area (Å²) < 4.78 is 1.84. The van der Waals surface area contributed by atoms with E-state index in [1.807, 2.05) is 30.7 Å². The van der Waals surface area contributed by atoms with Gasteiger partial charge in [-0.25, -0.2) is 9.97 Å². The number of anilines is 1. The van der Waals surface area contributed by atoms with Crippen molar-refractivity contribution in [3.63, 3.8) is 0 Å². The quantitative estimate of drug-likeness (QED) is 0.851. The number of aryl methyl sites for hydroxylation is 1. The molecule has 0 aliphatic rings. The average molecular weight is 287 g/mol. The molecule has 2 aromatic rings. The predicted molar refractivity (Wildman–Crippen MR) is 82.2 cm³/mol. The van der Waals surface area contributed by atoms with Crippen LogP contribution in [0.3, 0.4) is 0 Å². The zero-order chi connectivity index (χ0) is 15.2. The summed E-state index contributed by atoms with van der Waals surface area (Å²) in [5, 5.41) is 2.91. The maximum atomic E-state index is 12.0. The van der Waals surface area contributed by atoms with Crippen molar-refractivity contribution in [1.82, 2.24) is 14.5 Å². The van der Waals surface area contributed by atoms with Gasteiger partial charge in [0.15, 0.2) is 5.82 Å². The van der Waals surface area contributed by atoms with Crippen molar-refractivity contribution in [3.05, 3.63) is 36.5 Å². The van der Waals surface area contributed by atoms with Crippen molar-refractivity contribution < 1.29 is 4.79 Å². The molecule has 6 heteroatoms. The van der Waals surface area contributed by atoms with Gasteiger partial charge in [-0.05, 0) is 38.8 Å². The Labute approximate surface area is 124 Å². The minimum absolute atomic E-state index is 0.0253. The highest BCUT2D eigenvalue weighted by atomic mass is 16.1. The Balaban J connectivity index is 2.07. The van der Waals surface area contributed by atoms with Gasteiger partial charge in [0.2, 0.25) is 5.91 Å². The number of nitrogens with two attached hydrogens (primary N) is 1. The highest BCUT2D eigenvalue weighted by molar-refractivity contribution is 5.92. The van der Waals surface area contributed by atoms with Crippen LogP contribution < -0.4 is 11.1 Å². The van der Waals surface area contributed by atoms with E-state index in [4.69, 9.17) is 5.73 Å². The molecule has 1 amide bonds. The third kappa shape index (κ3) is 4.13. The third-order valence-corrected chi connectivity index (χ3v) is 3.18. The first-order chi connectivity index (χ1) is 10.1. The van der Waals surface area contributed by atoms with Crippen molar-refractivity contribution in [3.8, 4) is 5.82 Å². The molecule has 2 heterocycles. The lowest BCUT2D eigenvalue weighted by atomic mass is 10.1. The highest BCUT2D eigenvalue weighted by Crippen LogP contribution is 2.18. The monoisotopic (exact) mass is 287 g/mol. The Morgan fingerprint density at radius 2 is 2.24 bits per heavy atom. The van der Waals surface area contributed by atoms with Crippen LogP contribution in [-0.2, 0) is 4.79 Å². The SMILES string of the molecule is Cc1nccn1-c1ncccc1NC(=O)CCCC(C)N. The molecule has 0 aliphatic carbocycles. The van der Waals surface area contributed by atoms with E-state index in [9.17, 15) is 4.79 Å². The number of hydrogen-bond donors (Lipinski definition) is 2. The third-order valence-electron chi connectivity index (χ3n) is 3.18. The molecule has 0 saturated carbocycles. The maximum Gasteiger partial charge on any atom is 0.224 e. The Morgan fingerprint density at radius 1 is 1.43 bits per heavy atom. The fourth-order valence-corrected chi connectivity index (χ4v) is 2.09. The van der Waals surface area contributed by atoms with Gasteiger partial charge >= 0.3 is 0 Å². The first kappa shape index (κ1) is 15.2. The summed E-state index contributed by atoms with van der Waals surface area (Å²) in [5.41, 5.74) is 6.37. The predicted octanol–water partition coefficient (Wildman–Crippen LogP) is 2.03. The molecule has 1 unspecified atom stereocenters. The molecule has 6 nitrogen and oxygen atoms in total. The second kappa shape index (κ2) is 6.99. The Kier molecular flexibility index (Phi) is 5.05. The number of carbonyl (C=O) groups excluding carboxylic acids is 1. The molecular weight excluding hydrogens is 266 g/mol. The van der Waals surface area contributed by atoms with E-state index in [1.165, 1.54) is 0 Å². The molecule has 0 bridgehead atoms. The number of nitrogens with one attached hydrogen (secondary N) is 1. The lowest BCUT2D eigenvalue weighted by Gasteiger charge is -2.12. The number of carbonyl (C=O) groups is 1. The first-order valence-electron chi connectivity index (χ1n) is 7.08. The maximum absolute atomic E-state index is 12.0. The number of aromatic nitrogens is 3. The highest BCUT2D eigenvalue weighted by Gasteiger charge is 2.11. The van der Waals surface area contributed by atoms with Gasteiger partial charge in [0.1, 0.15) is 5.82 Å². The fraction of sp³-hybridized carbons (Fsp3) is 0.400. The van der Waals surface area contributed by atoms with Crippen LogP contribution >= 0.6 is 0 Å². The molecular formula is C15H21N5O. The Bertz CT molecular complexity index is 606. The van der Waals surface area contributed by atoms with Crippen molar-refractivity contribution in [2.24, 2.45) is 5.73 Å². The summed E-state index contributed by atoms with van der Waals surface area (Å²) in [5.74, 6) is 1.47. The zero-order valence-electron chi connectivity index (χ0n) is 12.4. The van der Waals surface area contributed by atoms with E-state index in [0.717, 1.165) is 18.7 Å². The van der Waals surface area contributed by atoms with Gasteiger partial charge in [0.05, 0.1) is 5.69 Å². The van der Waals surface area contributed by atoms with E-state index < -0.39 is 0 Å². The molecule has 0 fully saturated rings. The smallest absolute Gasteiger partial charge is 0.224 e. The molecule has 112 valence electrons. The molecule has 0 spiro atoms. The van der Waals surface area contributed by atoms with Gasteiger partial charge in [-0.1, -0.05) is 0 Å². The lowest BCUT2D eigenvalue weighted by molar-refractivity contribution is -0.116. The number of hydrogen-bond acceptors (Lipinski definition) is 4. The van der Waals surface area contributed by atoms with E-state index in [-0.39, 0.29) is 11.9 Å². The summed E-state index contributed by atoms with van der Waals surface area (Å²) in [6.07, 6.45) is 7.30. The Hall–Kier alpha value is -2.21. The van der Waals surface area contributed by atoms with E-state index in [2.05, 4.69) is 15.3 Å². The van der Waals surface area contributed by atoms with Gasteiger partial charge in [-0.15, -0.1) is 0 Å². The molecule has 0 aromatic carbocycles. The molecule has 0 aliphatic heterocycles. The van der Waals surface area contributed by atoms with Crippen LogP contribution in [0.2, 0.25) is 0 Å². The van der Waals surface area contributed by atoms with Crippen LogP contribution in [0.15, 0.2) is 30.7 Å². The van der Waals surface area contributed by atoms with E-state index in [1.54, 1.807) is 18.5 Å². The minimum atomic E-state index is -0.0253. The first-order valence-corrected chi connectivity index (χ1v) is 7.08. The van der Waals surface area contributed by atoms with Crippen LogP contribution in [0.4, 0.5) is 5.69 Å². The Morgan fingerprint density at radius 3 is 2.90 bits per heavy atom. The minimum Gasteiger partial charge on any atom is -0.328 e. The van der Waals surface area contributed by atoms with Gasteiger partial charge in [-0.2, -0.15) is 0 Å². The number of imidazole rings is 1. The number of rotatable bonds is 6. The van der Waals surface area contributed by atoms with Gasteiger partial charge in [0.25, 0.3) is 0 Å². The zero-order valence-corrected chi connectivity index (χ0v) is 12.4. The van der Waals surface area contributed by atoms with Crippen molar-refractivity contribution in [2.75, 3.05) is 5.32 Å². The van der Waals surface area contributed by atoms with Crippen LogP contribution in [0.25, 0.3) is 5.82 Å². The van der Waals surface area contributed by atoms with Crippen LogP contribution in [0.1, 0.15) is 32.0 Å². The second-order valence-electron chi connectivity index (χ2n) is 5.14. The normalized spacial score (nSPS) is 12.1. The van der Waals surface area contributed by atoms with Crippen molar-refractivity contribution in [2.45, 2.75) is 39.2 Å². The number of nitrogens with zero attached hydrogens (tertiary/aromatic N) is 3. The van der Waals surface area contributed by atoms with Gasteiger partial charge in [-0.3, -0.25) is 9.36 Å². The fourth-order valence-electron chi connectivity index (χ4n) is 2.09. The molecule has 3 N–H and O–H groups in total. The molecule has 2 rings (SSSR count).